The minimum Gasteiger partial charge on any atom is -0.597 e. The van der Waals surface area contributed by atoms with E-state index >= 15 is 0 Å². The van der Waals surface area contributed by atoms with Gasteiger partial charge in [-0.1, -0.05) is 39.0 Å². The van der Waals surface area contributed by atoms with Crippen molar-refractivity contribution in [2.24, 2.45) is 0 Å². The van der Waals surface area contributed by atoms with E-state index < -0.39 is 19.7 Å². The van der Waals surface area contributed by atoms with Crippen molar-refractivity contribution < 1.29 is 14.2 Å². The molecule has 2 atom stereocenters. The molecule has 0 radical (unpaired) electrons. The molecule has 30 heavy (non-hydrogen) atoms. The van der Waals surface area contributed by atoms with Gasteiger partial charge in [-0.05, 0) is 62.9 Å². The fourth-order valence-electron chi connectivity index (χ4n) is 3.54. The van der Waals surface area contributed by atoms with Crippen LogP contribution in [-0.4, -0.2) is 46.1 Å². The van der Waals surface area contributed by atoms with Crippen molar-refractivity contribution in [1.29, 1.82) is 5.41 Å². The Morgan fingerprint density at radius 2 is 1.93 bits per heavy atom. The molecule has 0 unspecified atom stereocenters. The Kier molecular flexibility index (Phi) is 7.86. The molecular weight excluding hydrogens is 414 g/mol. The summed E-state index contributed by atoms with van der Waals surface area (Å²) in [5.41, 5.74) is 4.81. The van der Waals surface area contributed by atoms with Crippen LogP contribution in [-0.2, 0) is 22.2 Å². The maximum atomic E-state index is 13.5. The van der Waals surface area contributed by atoms with Gasteiger partial charge in [0.05, 0.1) is 19.2 Å². The van der Waals surface area contributed by atoms with Gasteiger partial charge in [-0.3, -0.25) is 16.1 Å². The first kappa shape index (κ1) is 25.4. The van der Waals surface area contributed by atoms with E-state index in [-0.39, 0.29) is 21.7 Å². The zero-order chi connectivity index (χ0) is 22.9. The number of hydrogen-bond donors (Lipinski definition) is 3. The first-order valence-electron chi connectivity index (χ1n) is 10.6. The van der Waals surface area contributed by atoms with Crippen LogP contribution in [0, 0.1) is 5.41 Å². The van der Waals surface area contributed by atoms with Crippen LogP contribution in [0.1, 0.15) is 70.7 Å². The molecule has 1 aliphatic carbocycles. The monoisotopic (exact) mass is 453 g/mol. The molecule has 8 heteroatoms. The lowest BCUT2D eigenvalue weighted by Gasteiger charge is -2.39. The SMILES string of the molecule is CC(C)(C)[S@@+]([O-])N(CCO[Si](C)(C)C(C)(C)C)[C@H]1CCc2c(C(=N)NO)cccc21. The van der Waals surface area contributed by atoms with Crippen LogP contribution in [0.15, 0.2) is 18.2 Å². The Balaban J connectivity index is 2.30. The molecule has 0 aliphatic heterocycles. The number of nitrogens with zero attached hydrogens (tertiary/aromatic N) is 1. The number of rotatable bonds is 7. The Morgan fingerprint density at radius 3 is 2.47 bits per heavy atom. The molecule has 2 rings (SSSR count). The van der Waals surface area contributed by atoms with Crippen LogP contribution >= 0.6 is 0 Å². The molecule has 0 bridgehead atoms. The first-order valence-corrected chi connectivity index (χ1v) is 14.7. The van der Waals surface area contributed by atoms with Crippen molar-refractivity contribution in [2.45, 2.75) is 83.3 Å². The Hall–Kier alpha value is -0.903. The molecule has 1 aromatic carbocycles. The van der Waals surface area contributed by atoms with Crippen molar-refractivity contribution in [3.8, 4) is 0 Å². The third kappa shape index (κ3) is 5.47. The number of hydrogen-bond acceptors (Lipinski definition) is 5. The quantitative estimate of drug-likeness (QED) is 0.182. The van der Waals surface area contributed by atoms with E-state index in [0.29, 0.717) is 18.7 Å². The van der Waals surface area contributed by atoms with Gasteiger partial charge >= 0.3 is 0 Å². The molecule has 6 nitrogen and oxygen atoms in total. The van der Waals surface area contributed by atoms with E-state index in [9.17, 15) is 9.76 Å². The van der Waals surface area contributed by atoms with Crippen LogP contribution in [0.4, 0.5) is 0 Å². The Morgan fingerprint density at radius 1 is 1.30 bits per heavy atom. The van der Waals surface area contributed by atoms with Gasteiger partial charge in [-0.2, -0.15) is 0 Å². The molecule has 0 saturated carbocycles. The van der Waals surface area contributed by atoms with Gasteiger partial charge in [0.25, 0.3) is 0 Å². The van der Waals surface area contributed by atoms with E-state index in [1.54, 1.807) is 0 Å². The fraction of sp³-hybridized carbons (Fsp3) is 0.682. The van der Waals surface area contributed by atoms with Crippen LogP contribution in [0.25, 0.3) is 0 Å². The van der Waals surface area contributed by atoms with E-state index in [0.717, 1.165) is 24.0 Å². The van der Waals surface area contributed by atoms with Crippen LogP contribution in [0.5, 0.6) is 0 Å². The van der Waals surface area contributed by atoms with Crippen molar-refractivity contribution in [2.75, 3.05) is 13.2 Å². The average molecular weight is 454 g/mol. The zero-order valence-electron chi connectivity index (χ0n) is 19.8. The topological polar surface area (TPSA) is 91.6 Å². The van der Waals surface area contributed by atoms with Crippen LogP contribution in [0.3, 0.4) is 0 Å². The lowest BCUT2D eigenvalue weighted by molar-refractivity contribution is 0.223. The molecule has 0 heterocycles. The van der Waals surface area contributed by atoms with Gasteiger partial charge in [0, 0.05) is 16.9 Å². The van der Waals surface area contributed by atoms with Gasteiger partial charge in [0.15, 0.2) is 8.32 Å². The van der Waals surface area contributed by atoms with Crippen molar-refractivity contribution in [3.05, 3.63) is 34.9 Å². The van der Waals surface area contributed by atoms with E-state index in [2.05, 4.69) is 44.2 Å². The zero-order valence-corrected chi connectivity index (χ0v) is 21.6. The standard InChI is InChI=1S/C22H39N3O3SSi/c1-21(2,3)29(27)25(14-15-28-30(7,8)22(4,5)6)19-13-12-16-17(19)10-9-11-18(16)20(23)24-26/h9-11,19,26H,12-15H2,1-8H3,(H2,23,24)/t19-,29+/m0/s1. The lowest BCUT2D eigenvalue weighted by atomic mass is 10.0. The van der Waals surface area contributed by atoms with Gasteiger partial charge in [-0.15, -0.1) is 4.31 Å². The molecular formula is C22H39N3O3SSi. The first-order chi connectivity index (χ1) is 13.7. The summed E-state index contributed by atoms with van der Waals surface area (Å²) in [6.07, 6.45) is 1.63. The van der Waals surface area contributed by atoms with E-state index in [1.165, 1.54) is 0 Å². The predicted octanol–water partition coefficient (Wildman–Crippen LogP) is 4.76. The highest BCUT2D eigenvalue weighted by molar-refractivity contribution is 7.90. The predicted molar refractivity (Wildman–Crippen MR) is 127 cm³/mol. The van der Waals surface area contributed by atoms with Crippen molar-refractivity contribution in [3.63, 3.8) is 0 Å². The molecule has 0 aromatic heterocycles. The normalized spacial score (nSPS) is 18.4. The van der Waals surface area contributed by atoms with E-state index in [1.807, 2.05) is 38.4 Å². The highest BCUT2D eigenvalue weighted by atomic mass is 32.2. The molecule has 1 aliphatic rings. The number of nitrogens with one attached hydrogen (secondary N) is 2. The van der Waals surface area contributed by atoms with Crippen LogP contribution in [0.2, 0.25) is 18.1 Å². The molecule has 0 saturated heterocycles. The van der Waals surface area contributed by atoms with Gasteiger partial charge in [0.2, 0.25) is 0 Å². The summed E-state index contributed by atoms with van der Waals surface area (Å²) >= 11 is -1.19. The average Bonchev–Trinajstić information content (AvgIpc) is 3.06. The fourth-order valence-corrected chi connectivity index (χ4v) is 5.97. The minimum atomic E-state index is -1.88. The molecule has 3 N–H and O–H groups in total. The molecule has 170 valence electrons. The maximum absolute atomic E-state index is 13.5. The molecule has 1 aromatic rings. The summed E-state index contributed by atoms with van der Waals surface area (Å²) < 4.78 is 21.6. The largest absolute Gasteiger partial charge is 0.597 e. The maximum Gasteiger partial charge on any atom is 0.192 e. The number of benzene rings is 1. The highest BCUT2D eigenvalue weighted by Crippen LogP contribution is 2.41. The summed E-state index contributed by atoms with van der Waals surface area (Å²) in [6, 6.07) is 5.82. The summed E-state index contributed by atoms with van der Waals surface area (Å²) in [5.74, 6) is -0.00254. The third-order valence-electron chi connectivity index (χ3n) is 6.29. The van der Waals surface area contributed by atoms with Gasteiger partial charge in [-0.25, -0.2) is 0 Å². The minimum absolute atomic E-state index is 0.00254. The Bertz CT molecular complexity index is 759. The van der Waals surface area contributed by atoms with Crippen molar-refractivity contribution >= 4 is 25.5 Å². The van der Waals surface area contributed by atoms with Crippen LogP contribution < -0.4 is 5.48 Å². The summed E-state index contributed by atoms with van der Waals surface area (Å²) in [6.45, 7) is 18.3. The summed E-state index contributed by atoms with van der Waals surface area (Å²) in [7, 11) is -1.88. The Labute approximate surface area is 186 Å². The second-order valence-electron chi connectivity index (χ2n) is 10.5. The lowest BCUT2D eigenvalue weighted by Crippen LogP contribution is -2.48. The molecule has 0 fully saturated rings. The summed E-state index contributed by atoms with van der Waals surface area (Å²) in [5, 5.41) is 17.3. The van der Waals surface area contributed by atoms with Gasteiger partial charge < -0.3 is 8.98 Å². The number of hydroxylamine groups is 1. The molecule has 0 spiro atoms. The van der Waals surface area contributed by atoms with Crippen molar-refractivity contribution in [1.82, 2.24) is 9.79 Å². The van der Waals surface area contributed by atoms with E-state index in [4.69, 9.17) is 9.84 Å². The number of amidine groups is 1. The second kappa shape index (κ2) is 9.30. The molecule has 0 amide bonds. The van der Waals surface area contributed by atoms with Gasteiger partial charge in [0.1, 0.15) is 10.6 Å². The number of fused-ring (bicyclic) bond motifs is 1. The second-order valence-corrected chi connectivity index (χ2v) is 17.5. The summed E-state index contributed by atoms with van der Waals surface area (Å²) in [4.78, 5) is 0. The third-order valence-corrected chi connectivity index (χ3v) is 12.7. The smallest absolute Gasteiger partial charge is 0.192 e. The highest BCUT2D eigenvalue weighted by Gasteiger charge is 2.42.